The highest BCUT2D eigenvalue weighted by Crippen LogP contribution is 2.31. The van der Waals surface area contributed by atoms with Gasteiger partial charge in [0.2, 0.25) is 0 Å². The van der Waals surface area contributed by atoms with Crippen LogP contribution in [-0.4, -0.2) is 44.7 Å². The molecule has 0 amide bonds. The van der Waals surface area contributed by atoms with E-state index in [1.807, 2.05) is 6.07 Å². The number of halogens is 1. The molecule has 1 aromatic rings. The lowest BCUT2D eigenvalue weighted by Gasteiger charge is -2.36. The van der Waals surface area contributed by atoms with E-state index in [1.165, 1.54) is 6.07 Å². The molecule has 1 heterocycles. The summed E-state index contributed by atoms with van der Waals surface area (Å²) in [5.74, 6) is 0.421. The molecule has 4 heteroatoms. The van der Waals surface area contributed by atoms with Gasteiger partial charge in [0.1, 0.15) is 17.3 Å². The van der Waals surface area contributed by atoms with E-state index in [0.29, 0.717) is 11.4 Å². The van der Waals surface area contributed by atoms with Crippen LogP contribution in [0.2, 0.25) is 0 Å². The average molecular weight is 238 g/mol. The van der Waals surface area contributed by atoms with Gasteiger partial charge in [-0.2, -0.15) is 0 Å². The smallest absolute Gasteiger partial charge is 0.150 e. The largest absolute Gasteiger partial charge is 0.494 e. The van der Waals surface area contributed by atoms with Crippen molar-refractivity contribution in [3.8, 4) is 5.75 Å². The number of rotatable bonds is 3. The molecule has 1 saturated heterocycles. The third kappa shape index (κ3) is 2.52. The first kappa shape index (κ1) is 12.2. The molecule has 0 N–H and O–H groups in total. The maximum absolute atomic E-state index is 13.9. The van der Waals surface area contributed by atoms with Crippen molar-refractivity contribution >= 4 is 5.69 Å². The molecule has 0 atom stereocenters. The summed E-state index contributed by atoms with van der Waals surface area (Å²) in [6, 6.07) is 4.98. The van der Waals surface area contributed by atoms with Crippen molar-refractivity contribution in [2.24, 2.45) is 0 Å². The van der Waals surface area contributed by atoms with Crippen LogP contribution in [0.1, 0.15) is 6.92 Å². The lowest BCUT2D eigenvalue weighted by molar-refractivity contribution is 0.269. The van der Waals surface area contributed by atoms with Crippen molar-refractivity contribution in [1.82, 2.24) is 4.90 Å². The van der Waals surface area contributed by atoms with Crippen molar-refractivity contribution in [2.75, 3.05) is 44.7 Å². The predicted molar refractivity (Wildman–Crippen MR) is 67.3 cm³/mol. The Balaban J connectivity index is 2.17. The zero-order valence-electron chi connectivity index (χ0n) is 10.4. The SMILES string of the molecule is CCN1CCN(c2c(F)cccc2OC)CC1. The fraction of sp³-hybridized carbons (Fsp3) is 0.538. The minimum absolute atomic E-state index is 0.200. The standard InChI is InChI=1S/C13H19FN2O/c1-3-15-7-9-16(10-8-15)13-11(14)5-4-6-12(13)17-2/h4-6H,3,7-10H2,1-2H3. The second kappa shape index (κ2) is 5.36. The number of benzene rings is 1. The number of anilines is 1. The molecule has 0 aromatic heterocycles. The van der Waals surface area contributed by atoms with Crippen molar-refractivity contribution in [1.29, 1.82) is 0 Å². The van der Waals surface area contributed by atoms with E-state index >= 15 is 0 Å². The van der Waals surface area contributed by atoms with Crippen molar-refractivity contribution in [2.45, 2.75) is 6.92 Å². The number of ether oxygens (including phenoxy) is 1. The molecule has 1 fully saturated rings. The molecule has 3 nitrogen and oxygen atoms in total. The molecule has 1 aliphatic heterocycles. The normalized spacial score (nSPS) is 17.2. The van der Waals surface area contributed by atoms with E-state index in [1.54, 1.807) is 13.2 Å². The fourth-order valence-electron chi connectivity index (χ4n) is 2.25. The third-order valence-electron chi connectivity index (χ3n) is 3.31. The van der Waals surface area contributed by atoms with Gasteiger partial charge in [-0.25, -0.2) is 4.39 Å². The number of piperazine rings is 1. The summed E-state index contributed by atoms with van der Waals surface area (Å²) in [6.45, 7) is 6.87. The van der Waals surface area contributed by atoms with Gasteiger partial charge in [-0.15, -0.1) is 0 Å². The van der Waals surface area contributed by atoms with Crippen LogP contribution < -0.4 is 9.64 Å². The maximum Gasteiger partial charge on any atom is 0.150 e. The van der Waals surface area contributed by atoms with Crippen LogP contribution >= 0.6 is 0 Å². The van der Waals surface area contributed by atoms with Gasteiger partial charge in [0.05, 0.1) is 7.11 Å². The lowest BCUT2D eigenvalue weighted by atomic mass is 10.2. The van der Waals surface area contributed by atoms with E-state index in [4.69, 9.17) is 4.74 Å². The molecule has 0 unspecified atom stereocenters. The Morgan fingerprint density at radius 1 is 1.24 bits per heavy atom. The summed E-state index contributed by atoms with van der Waals surface area (Å²) < 4.78 is 19.1. The maximum atomic E-state index is 13.9. The first-order chi connectivity index (χ1) is 8.26. The third-order valence-corrected chi connectivity index (χ3v) is 3.31. The highest BCUT2D eigenvalue weighted by molar-refractivity contribution is 5.59. The van der Waals surface area contributed by atoms with Crippen molar-refractivity contribution in [3.05, 3.63) is 24.0 Å². The molecular formula is C13H19FN2O. The van der Waals surface area contributed by atoms with Crippen molar-refractivity contribution in [3.63, 3.8) is 0 Å². The fourth-order valence-corrected chi connectivity index (χ4v) is 2.25. The number of likely N-dealkylation sites (N-methyl/N-ethyl adjacent to an activating group) is 1. The number of hydrogen-bond donors (Lipinski definition) is 0. The van der Waals surface area contributed by atoms with E-state index in [-0.39, 0.29) is 5.82 Å². The first-order valence-corrected chi connectivity index (χ1v) is 6.06. The molecule has 1 aliphatic rings. The summed E-state index contributed by atoms with van der Waals surface area (Å²) in [5.41, 5.74) is 0.603. The highest BCUT2D eigenvalue weighted by Gasteiger charge is 2.21. The van der Waals surface area contributed by atoms with Gasteiger partial charge in [0.25, 0.3) is 0 Å². The molecular weight excluding hydrogens is 219 g/mol. The van der Waals surface area contributed by atoms with Crippen LogP contribution in [0.3, 0.4) is 0 Å². The van der Waals surface area contributed by atoms with E-state index in [2.05, 4.69) is 16.7 Å². The van der Waals surface area contributed by atoms with Gasteiger partial charge in [-0.1, -0.05) is 13.0 Å². The summed E-state index contributed by atoms with van der Waals surface area (Å²) in [4.78, 5) is 4.43. The minimum atomic E-state index is -0.200. The van der Waals surface area contributed by atoms with Crippen molar-refractivity contribution < 1.29 is 9.13 Å². The lowest BCUT2D eigenvalue weighted by Crippen LogP contribution is -2.46. The highest BCUT2D eigenvalue weighted by atomic mass is 19.1. The minimum Gasteiger partial charge on any atom is -0.494 e. The Labute approximate surface area is 102 Å². The molecule has 0 aliphatic carbocycles. The van der Waals surface area contributed by atoms with Crippen LogP contribution in [0.5, 0.6) is 5.75 Å². The molecule has 1 aromatic carbocycles. The van der Waals surface area contributed by atoms with Gasteiger partial charge < -0.3 is 14.5 Å². The van der Waals surface area contributed by atoms with Gasteiger partial charge in [0.15, 0.2) is 0 Å². The average Bonchev–Trinajstić information content (AvgIpc) is 2.38. The Morgan fingerprint density at radius 2 is 1.94 bits per heavy atom. The number of nitrogens with zero attached hydrogens (tertiary/aromatic N) is 2. The second-order valence-electron chi connectivity index (χ2n) is 4.21. The first-order valence-electron chi connectivity index (χ1n) is 6.06. The Hall–Kier alpha value is -1.29. The van der Waals surface area contributed by atoms with Crippen LogP contribution in [0.25, 0.3) is 0 Å². The Kier molecular flexibility index (Phi) is 3.84. The Morgan fingerprint density at radius 3 is 2.53 bits per heavy atom. The van der Waals surface area contributed by atoms with Gasteiger partial charge in [0, 0.05) is 26.2 Å². The van der Waals surface area contributed by atoms with E-state index in [0.717, 1.165) is 32.7 Å². The second-order valence-corrected chi connectivity index (χ2v) is 4.21. The number of methoxy groups -OCH3 is 1. The summed E-state index contributed by atoms with van der Waals surface area (Å²) in [5, 5.41) is 0. The van der Waals surface area contributed by atoms with Crippen LogP contribution in [-0.2, 0) is 0 Å². The van der Waals surface area contributed by atoms with Crippen LogP contribution in [0.15, 0.2) is 18.2 Å². The predicted octanol–water partition coefficient (Wildman–Crippen LogP) is 1.98. The molecule has 0 saturated carbocycles. The zero-order chi connectivity index (χ0) is 12.3. The van der Waals surface area contributed by atoms with E-state index in [9.17, 15) is 4.39 Å². The van der Waals surface area contributed by atoms with Gasteiger partial charge in [-0.05, 0) is 18.7 Å². The van der Waals surface area contributed by atoms with Crippen LogP contribution in [0.4, 0.5) is 10.1 Å². The zero-order valence-corrected chi connectivity index (χ0v) is 10.4. The quantitative estimate of drug-likeness (QED) is 0.801. The molecule has 94 valence electrons. The molecule has 2 rings (SSSR count). The summed E-state index contributed by atoms with van der Waals surface area (Å²) in [6.07, 6.45) is 0. The van der Waals surface area contributed by atoms with Gasteiger partial charge in [-0.3, -0.25) is 0 Å². The summed E-state index contributed by atoms with van der Waals surface area (Å²) >= 11 is 0. The van der Waals surface area contributed by atoms with Gasteiger partial charge >= 0.3 is 0 Å². The molecule has 0 spiro atoms. The summed E-state index contributed by atoms with van der Waals surface area (Å²) in [7, 11) is 1.58. The molecule has 17 heavy (non-hydrogen) atoms. The molecule has 0 radical (unpaired) electrons. The molecule has 0 bridgehead atoms. The van der Waals surface area contributed by atoms with Crippen LogP contribution in [0, 0.1) is 5.82 Å². The monoisotopic (exact) mass is 238 g/mol. The number of para-hydroxylation sites is 1. The van der Waals surface area contributed by atoms with E-state index < -0.39 is 0 Å². The topological polar surface area (TPSA) is 15.7 Å². The Bertz CT molecular complexity index is 376. The number of hydrogen-bond acceptors (Lipinski definition) is 3.